The van der Waals surface area contributed by atoms with Gasteiger partial charge in [-0.3, -0.25) is 0 Å². The average molecular weight is 263 g/mol. The van der Waals surface area contributed by atoms with Crippen LogP contribution in [-0.4, -0.2) is 27.2 Å². The number of hydrogen-bond donors (Lipinski definition) is 2. The second-order valence-corrected chi connectivity index (χ2v) is 5.12. The summed E-state index contributed by atoms with van der Waals surface area (Å²) in [5.74, 6) is 0.788. The number of halogens is 1. The molecule has 3 rings (SSSR count). The SMILES string of the molecule is NCC(Nc1nc2ccc(F)cn2n1)C1CCCC1. The molecule has 6 heteroatoms. The van der Waals surface area contributed by atoms with E-state index in [-0.39, 0.29) is 11.9 Å². The maximum Gasteiger partial charge on any atom is 0.243 e. The maximum atomic E-state index is 13.1. The lowest BCUT2D eigenvalue weighted by molar-refractivity contribution is 0.460. The molecule has 0 aliphatic heterocycles. The highest BCUT2D eigenvalue weighted by Gasteiger charge is 2.24. The molecule has 0 amide bonds. The van der Waals surface area contributed by atoms with Crippen molar-refractivity contribution < 1.29 is 4.39 Å². The second-order valence-electron chi connectivity index (χ2n) is 5.12. The van der Waals surface area contributed by atoms with E-state index in [2.05, 4.69) is 15.4 Å². The van der Waals surface area contributed by atoms with Crippen LogP contribution in [-0.2, 0) is 0 Å². The summed E-state index contributed by atoms with van der Waals surface area (Å²) in [7, 11) is 0. The Bertz CT molecular complexity index is 561. The first-order valence-electron chi connectivity index (χ1n) is 6.75. The summed E-state index contributed by atoms with van der Waals surface area (Å²) >= 11 is 0. The Hall–Kier alpha value is -1.69. The number of aromatic nitrogens is 3. The van der Waals surface area contributed by atoms with Gasteiger partial charge in [-0.1, -0.05) is 12.8 Å². The van der Waals surface area contributed by atoms with Crippen LogP contribution in [0, 0.1) is 11.7 Å². The van der Waals surface area contributed by atoms with Gasteiger partial charge < -0.3 is 11.1 Å². The fraction of sp³-hybridized carbons (Fsp3) is 0.538. The zero-order chi connectivity index (χ0) is 13.2. The number of nitrogens with zero attached hydrogens (tertiary/aromatic N) is 3. The third-order valence-corrected chi connectivity index (χ3v) is 3.83. The zero-order valence-electron chi connectivity index (χ0n) is 10.7. The molecule has 0 spiro atoms. The summed E-state index contributed by atoms with van der Waals surface area (Å²) in [6.07, 6.45) is 6.27. The van der Waals surface area contributed by atoms with Crippen molar-refractivity contribution in [1.82, 2.24) is 14.6 Å². The molecule has 0 saturated heterocycles. The van der Waals surface area contributed by atoms with Gasteiger partial charge >= 0.3 is 0 Å². The fourth-order valence-corrected chi connectivity index (χ4v) is 2.81. The zero-order valence-corrected chi connectivity index (χ0v) is 10.7. The molecule has 1 fully saturated rings. The number of anilines is 1. The lowest BCUT2D eigenvalue weighted by Crippen LogP contribution is -2.35. The van der Waals surface area contributed by atoms with E-state index in [1.165, 1.54) is 42.5 Å². The minimum Gasteiger partial charge on any atom is -0.349 e. The number of nitrogens with one attached hydrogen (secondary N) is 1. The lowest BCUT2D eigenvalue weighted by atomic mass is 9.98. The van der Waals surface area contributed by atoms with E-state index in [0.717, 1.165) is 0 Å². The van der Waals surface area contributed by atoms with Gasteiger partial charge in [-0.2, -0.15) is 4.98 Å². The van der Waals surface area contributed by atoms with Crippen LogP contribution in [0.3, 0.4) is 0 Å². The fourth-order valence-electron chi connectivity index (χ4n) is 2.81. The van der Waals surface area contributed by atoms with E-state index >= 15 is 0 Å². The quantitative estimate of drug-likeness (QED) is 0.882. The monoisotopic (exact) mass is 263 g/mol. The van der Waals surface area contributed by atoms with Crippen molar-refractivity contribution in [2.24, 2.45) is 11.7 Å². The number of pyridine rings is 1. The highest BCUT2D eigenvalue weighted by molar-refractivity contribution is 5.43. The standard InChI is InChI=1S/C13H18FN5/c14-10-5-6-12-17-13(18-19(12)8-10)16-11(7-15)9-3-1-2-4-9/h5-6,8-9,11H,1-4,7,15H2,(H,16,18). The van der Waals surface area contributed by atoms with E-state index in [1.54, 1.807) is 6.07 Å². The number of hydrogen-bond acceptors (Lipinski definition) is 4. The van der Waals surface area contributed by atoms with Gasteiger partial charge in [0.15, 0.2) is 5.65 Å². The lowest BCUT2D eigenvalue weighted by Gasteiger charge is -2.22. The molecule has 3 N–H and O–H groups in total. The molecule has 0 bridgehead atoms. The van der Waals surface area contributed by atoms with Crippen molar-refractivity contribution in [3.63, 3.8) is 0 Å². The summed E-state index contributed by atoms with van der Waals surface area (Å²) in [5, 5.41) is 7.52. The first-order chi connectivity index (χ1) is 9.26. The molecule has 1 unspecified atom stereocenters. The van der Waals surface area contributed by atoms with Crippen molar-refractivity contribution in [3.05, 3.63) is 24.1 Å². The van der Waals surface area contributed by atoms with Gasteiger partial charge in [0, 0.05) is 12.6 Å². The summed E-state index contributed by atoms with van der Waals surface area (Å²) in [6, 6.07) is 3.19. The van der Waals surface area contributed by atoms with Crippen molar-refractivity contribution in [2.45, 2.75) is 31.7 Å². The Morgan fingerprint density at radius 1 is 1.42 bits per heavy atom. The summed E-state index contributed by atoms with van der Waals surface area (Å²) < 4.78 is 14.5. The number of nitrogens with two attached hydrogens (primary N) is 1. The van der Waals surface area contributed by atoms with Crippen LogP contribution in [0.15, 0.2) is 18.3 Å². The molecule has 19 heavy (non-hydrogen) atoms. The van der Waals surface area contributed by atoms with Crippen LogP contribution < -0.4 is 11.1 Å². The molecule has 1 saturated carbocycles. The molecule has 1 atom stereocenters. The van der Waals surface area contributed by atoms with E-state index in [1.807, 2.05) is 0 Å². The van der Waals surface area contributed by atoms with Gasteiger partial charge in [0.1, 0.15) is 5.82 Å². The van der Waals surface area contributed by atoms with Crippen LogP contribution in [0.4, 0.5) is 10.3 Å². The average Bonchev–Trinajstić information content (AvgIpc) is 3.04. The summed E-state index contributed by atoms with van der Waals surface area (Å²) in [4.78, 5) is 4.33. The third kappa shape index (κ3) is 2.53. The Balaban J connectivity index is 1.79. The molecule has 2 aromatic heterocycles. The number of rotatable bonds is 4. The van der Waals surface area contributed by atoms with Crippen LogP contribution in [0.5, 0.6) is 0 Å². The van der Waals surface area contributed by atoms with Crippen LogP contribution >= 0.6 is 0 Å². The van der Waals surface area contributed by atoms with Crippen LogP contribution in [0.25, 0.3) is 5.65 Å². The molecule has 1 aliphatic rings. The Morgan fingerprint density at radius 3 is 2.95 bits per heavy atom. The molecule has 2 aromatic rings. The smallest absolute Gasteiger partial charge is 0.243 e. The predicted octanol–water partition coefficient (Wildman–Crippen LogP) is 1.80. The summed E-state index contributed by atoms with van der Waals surface area (Å²) in [5.41, 5.74) is 6.46. The van der Waals surface area contributed by atoms with Gasteiger partial charge in [0.25, 0.3) is 0 Å². The van der Waals surface area contributed by atoms with E-state index in [9.17, 15) is 4.39 Å². The largest absolute Gasteiger partial charge is 0.349 e. The first-order valence-corrected chi connectivity index (χ1v) is 6.75. The van der Waals surface area contributed by atoms with Gasteiger partial charge in [-0.25, -0.2) is 8.91 Å². The third-order valence-electron chi connectivity index (χ3n) is 3.83. The van der Waals surface area contributed by atoms with Gasteiger partial charge in [-0.05, 0) is 30.9 Å². The molecule has 0 aromatic carbocycles. The molecular formula is C13H18FN5. The van der Waals surface area contributed by atoms with Gasteiger partial charge in [0.2, 0.25) is 5.95 Å². The Kier molecular flexibility index (Phi) is 3.33. The van der Waals surface area contributed by atoms with Crippen molar-refractivity contribution in [2.75, 3.05) is 11.9 Å². The minimum atomic E-state index is -0.324. The van der Waals surface area contributed by atoms with Crippen LogP contribution in [0.2, 0.25) is 0 Å². The summed E-state index contributed by atoms with van der Waals surface area (Å²) in [6.45, 7) is 0.564. The highest BCUT2D eigenvalue weighted by atomic mass is 19.1. The van der Waals surface area contributed by atoms with E-state index in [0.29, 0.717) is 24.1 Å². The normalized spacial score (nSPS) is 18.0. The Morgan fingerprint density at radius 2 is 2.21 bits per heavy atom. The maximum absolute atomic E-state index is 13.1. The number of fused-ring (bicyclic) bond motifs is 1. The minimum absolute atomic E-state index is 0.199. The molecule has 0 radical (unpaired) electrons. The van der Waals surface area contributed by atoms with Crippen molar-refractivity contribution in [3.8, 4) is 0 Å². The van der Waals surface area contributed by atoms with Crippen LogP contribution in [0.1, 0.15) is 25.7 Å². The second kappa shape index (κ2) is 5.13. The van der Waals surface area contributed by atoms with E-state index in [4.69, 9.17) is 5.73 Å². The van der Waals surface area contributed by atoms with Crippen molar-refractivity contribution in [1.29, 1.82) is 0 Å². The molecular weight excluding hydrogens is 245 g/mol. The first kappa shape index (κ1) is 12.3. The highest BCUT2D eigenvalue weighted by Crippen LogP contribution is 2.28. The molecule has 1 aliphatic carbocycles. The molecule has 102 valence electrons. The van der Waals surface area contributed by atoms with Gasteiger partial charge in [-0.15, -0.1) is 5.10 Å². The van der Waals surface area contributed by atoms with Gasteiger partial charge in [0.05, 0.1) is 6.20 Å². The van der Waals surface area contributed by atoms with E-state index < -0.39 is 0 Å². The topological polar surface area (TPSA) is 68.2 Å². The molecule has 5 nitrogen and oxygen atoms in total. The van der Waals surface area contributed by atoms with Crippen molar-refractivity contribution >= 4 is 11.6 Å². The molecule has 2 heterocycles. The Labute approximate surface area is 111 Å². The predicted molar refractivity (Wildman–Crippen MR) is 71.4 cm³/mol.